The Balaban J connectivity index is 1.49. The zero-order chi connectivity index (χ0) is 26.0. The zero-order valence-electron chi connectivity index (χ0n) is 20.9. The average Bonchev–Trinajstić information content (AvgIpc) is 3.20. The van der Waals surface area contributed by atoms with Gasteiger partial charge in [0.2, 0.25) is 5.91 Å². The van der Waals surface area contributed by atoms with Gasteiger partial charge in [0.1, 0.15) is 5.82 Å². The highest BCUT2D eigenvalue weighted by molar-refractivity contribution is 9.10. The number of allylic oxidation sites excluding steroid dienone is 1. The number of hydrogen-bond donors (Lipinski definition) is 2. The summed E-state index contributed by atoms with van der Waals surface area (Å²) in [4.78, 5) is 27.6. The van der Waals surface area contributed by atoms with Gasteiger partial charge in [-0.25, -0.2) is 4.39 Å². The molecule has 0 saturated heterocycles. The van der Waals surface area contributed by atoms with E-state index < -0.39 is 5.41 Å². The van der Waals surface area contributed by atoms with Gasteiger partial charge < -0.3 is 15.5 Å². The van der Waals surface area contributed by atoms with Crippen molar-refractivity contribution in [3.8, 4) is 0 Å². The Morgan fingerprint density at radius 2 is 1.81 bits per heavy atom. The summed E-state index contributed by atoms with van der Waals surface area (Å²) in [5.74, 6) is -0.440. The van der Waals surface area contributed by atoms with Crippen LogP contribution in [0, 0.1) is 17.2 Å². The molecule has 0 aromatic heterocycles. The molecule has 0 radical (unpaired) electrons. The van der Waals surface area contributed by atoms with E-state index in [2.05, 4.69) is 56.6 Å². The number of halogens is 2. The van der Waals surface area contributed by atoms with Gasteiger partial charge >= 0.3 is 0 Å². The maximum absolute atomic E-state index is 13.4. The fourth-order valence-electron chi connectivity index (χ4n) is 4.44. The second-order valence-corrected chi connectivity index (χ2v) is 10.9. The van der Waals surface area contributed by atoms with Gasteiger partial charge in [0, 0.05) is 40.3 Å². The van der Waals surface area contributed by atoms with Crippen LogP contribution < -0.4 is 10.6 Å². The molecule has 1 aliphatic carbocycles. The van der Waals surface area contributed by atoms with Gasteiger partial charge in [-0.3, -0.25) is 9.59 Å². The van der Waals surface area contributed by atoms with Crippen LogP contribution >= 0.6 is 15.9 Å². The fraction of sp³-hybridized carbons (Fsp3) is 0.310. The van der Waals surface area contributed by atoms with Crippen molar-refractivity contribution in [2.24, 2.45) is 11.3 Å². The first-order valence-electron chi connectivity index (χ1n) is 12.1. The molecule has 2 aromatic rings. The Morgan fingerprint density at radius 3 is 2.47 bits per heavy atom. The monoisotopic (exact) mass is 551 g/mol. The van der Waals surface area contributed by atoms with Gasteiger partial charge in [0.25, 0.3) is 5.91 Å². The second kappa shape index (κ2) is 10.4. The highest BCUT2D eigenvalue weighted by atomic mass is 79.9. The summed E-state index contributed by atoms with van der Waals surface area (Å²) in [5.41, 5.74) is 3.63. The van der Waals surface area contributed by atoms with Crippen molar-refractivity contribution in [1.29, 1.82) is 0 Å². The van der Waals surface area contributed by atoms with Crippen LogP contribution in [0.5, 0.6) is 0 Å². The van der Waals surface area contributed by atoms with Crippen LogP contribution in [0.2, 0.25) is 0 Å². The minimum Gasteiger partial charge on any atom is -0.364 e. The van der Waals surface area contributed by atoms with E-state index in [4.69, 9.17) is 0 Å². The average molecular weight is 552 g/mol. The standard InChI is InChI=1S/C29H31BrFN3O2/c1-5-34-25-13-11-22(15-20(25)16-26(34)19-7-9-21(31)10-8-19)33-27(35)23-14-18(6-12-24(23)30)17-32-28(36)29(2,3)4/h6-16,20,25H,5,17H2,1-4H3,(H,32,36)(H,33,35). The molecular weight excluding hydrogens is 521 g/mol. The molecule has 0 spiro atoms. The molecule has 2 aromatic carbocycles. The van der Waals surface area contributed by atoms with Crippen LogP contribution in [0.15, 0.2) is 76.9 Å². The molecule has 2 N–H and O–H groups in total. The molecule has 2 unspecified atom stereocenters. The Kier molecular flexibility index (Phi) is 7.50. The van der Waals surface area contributed by atoms with E-state index >= 15 is 0 Å². The molecule has 188 valence electrons. The molecule has 2 atom stereocenters. The minimum atomic E-state index is -0.480. The third kappa shape index (κ3) is 5.62. The molecule has 1 heterocycles. The van der Waals surface area contributed by atoms with Gasteiger partial charge in [-0.2, -0.15) is 0 Å². The van der Waals surface area contributed by atoms with Crippen molar-refractivity contribution < 1.29 is 14.0 Å². The molecule has 0 saturated carbocycles. The topological polar surface area (TPSA) is 61.4 Å². The summed E-state index contributed by atoms with van der Waals surface area (Å²) in [5, 5.41) is 5.94. The maximum atomic E-state index is 13.4. The maximum Gasteiger partial charge on any atom is 0.256 e. The lowest BCUT2D eigenvalue weighted by Crippen LogP contribution is -2.34. The number of hydrogen-bond acceptors (Lipinski definition) is 3. The van der Waals surface area contributed by atoms with Gasteiger partial charge in [0.15, 0.2) is 0 Å². The SMILES string of the molecule is CCN1C(c2ccc(F)cc2)=CC2C=C(NC(=O)c3cc(CNC(=O)C(C)(C)C)ccc3Br)C=CC21. The van der Waals surface area contributed by atoms with Gasteiger partial charge in [-0.15, -0.1) is 0 Å². The summed E-state index contributed by atoms with van der Waals surface area (Å²) >= 11 is 3.48. The Bertz CT molecular complexity index is 1260. The van der Waals surface area contributed by atoms with Gasteiger partial charge in [-0.1, -0.05) is 57.2 Å². The smallest absolute Gasteiger partial charge is 0.256 e. The molecule has 2 aliphatic rings. The first-order chi connectivity index (χ1) is 17.1. The molecule has 36 heavy (non-hydrogen) atoms. The lowest BCUT2D eigenvalue weighted by atomic mass is 9.95. The van der Waals surface area contributed by atoms with E-state index in [9.17, 15) is 14.0 Å². The molecule has 2 amide bonds. The van der Waals surface area contributed by atoms with E-state index in [1.54, 1.807) is 18.2 Å². The van der Waals surface area contributed by atoms with E-state index in [-0.39, 0.29) is 29.6 Å². The van der Waals surface area contributed by atoms with Crippen LogP contribution in [0.4, 0.5) is 4.39 Å². The summed E-state index contributed by atoms with van der Waals surface area (Å²) < 4.78 is 14.1. The van der Waals surface area contributed by atoms with Crippen molar-refractivity contribution >= 4 is 33.4 Å². The van der Waals surface area contributed by atoms with Crippen LogP contribution in [0.3, 0.4) is 0 Å². The lowest BCUT2D eigenvalue weighted by Gasteiger charge is -2.30. The molecule has 4 rings (SSSR count). The molecular formula is C29H31BrFN3O2. The fourth-order valence-corrected chi connectivity index (χ4v) is 4.87. The number of amides is 2. The van der Waals surface area contributed by atoms with Crippen LogP contribution in [0.25, 0.3) is 5.70 Å². The highest BCUT2D eigenvalue weighted by Gasteiger charge is 2.33. The number of carbonyl (C=O) groups is 2. The molecule has 7 heteroatoms. The molecule has 0 fully saturated rings. The minimum absolute atomic E-state index is 0.0470. The predicted octanol–water partition coefficient (Wildman–Crippen LogP) is 5.80. The Hall–Kier alpha value is -3.19. The molecule has 1 aliphatic heterocycles. The van der Waals surface area contributed by atoms with E-state index in [0.717, 1.165) is 29.1 Å². The number of likely N-dealkylation sites (N-methyl/N-ethyl adjacent to an activating group) is 1. The van der Waals surface area contributed by atoms with Crippen LogP contribution in [-0.4, -0.2) is 29.3 Å². The largest absolute Gasteiger partial charge is 0.364 e. The zero-order valence-corrected chi connectivity index (χ0v) is 22.5. The summed E-state index contributed by atoms with van der Waals surface area (Å²) in [6.45, 7) is 8.85. The Morgan fingerprint density at radius 1 is 1.08 bits per heavy atom. The molecule has 0 bridgehead atoms. The van der Waals surface area contributed by atoms with Crippen LogP contribution in [0.1, 0.15) is 49.2 Å². The quantitative estimate of drug-likeness (QED) is 0.477. The van der Waals surface area contributed by atoms with E-state index in [1.165, 1.54) is 12.1 Å². The normalized spacial score (nSPS) is 18.9. The number of nitrogens with zero attached hydrogens (tertiary/aromatic N) is 1. The first kappa shape index (κ1) is 25.9. The third-order valence-electron chi connectivity index (χ3n) is 6.41. The number of fused-ring (bicyclic) bond motifs is 1. The van der Waals surface area contributed by atoms with Crippen molar-refractivity contribution in [3.63, 3.8) is 0 Å². The first-order valence-corrected chi connectivity index (χ1v) is 12.9. The summed E-state index contributed by atoms with van der Waals surface area (Å²) in [7, 11) is 0. The number of nitrogens with one attached hydrogen (secondary N) is 2. The summed E-state index contributed by atoms with van der Waals surface area (Å²) in [6.07, 6.45) is 8.27. The number of rotatable bonds is 6. The second-order valence-electron chi connectivity index (χ2n) is 10.1. The van der Waals surface area contributed by atoms with Crippen molar-refractivity contribution in [2.75, 3.05) is 6.54 Å². The lowest BCUT2D eigenvalue weighted by molar-refractivity contribution is -0.128. The molecule has 5 nitrogen and oxygen atoms in total. The van der Waals surface area contributed by atoms with Gasteiger partial charge in [0.05, 0.1) is 11.6 Å². The number of carbonyl (C=O) groups excluding carboxylic acids is 2. The Labute approximate surface area is 220 Å². The predicted molar refractivity (Wildman–Crippen MR) is 144 cm³/mol. The van der Waals surface area contributed by atoms with Crippen LogP contribution in [-0.2, 0) is 11.3 Å². The van der Waals surface area contributed by atoms with Crippen molar-refractivity contribution in [2.45, 2.75) is 40.3 Å². The highest BCUT2D eigenvalue weighted by Crippen LogP contribution is 2.37. The van der Waals surface area contributed by atoms with Crippen molar-refractivity contribution in [1.82, 2.24) is 15.5 Å². The van der Waals surface area contributed by atoms with E-state index in [1.807, 2.05) is 39.0 Å². The third-order valence-corrected chi connectivity index (χ3v) is 7.10. The van der Waals surface area contributed by atoms with Gasteiger partial charge in [-0.05, 0) is 64.3 Å². The number of benzene rings is 2. The van der Waals surface area contributed by atoms with Crippen molar-refractivity contribution in [3.05, 3.63) is 99.4 Å². The summed E-state index contributed by atoms with van der Waals surface area (Å²) in [6, 6.07) is 12.2. The van der Waals surface area contributed by atoms with E-state index in [0.29, 0.717) is 16.6 Å².